The van der Waals surface area contributed by atoms with Gasteiger partial charge in [-0.25, -0.2) is 0 Å². The van der Waals surface area contributed by atoms with E-state index in [9.17, 15) is 10.1 Å². The maximum atomic E-state index is 11.0. The SMILES string of the molecule is CCN(Cc1cc([N+](=O)[O-])ccc1NC)C(C)CN(C)C. The molecule has 0 saturated carbocycles. The van der Waals surface area contributed by atoms with Gasteiger partial charge in [0.1, 0.15) is 0 Å². The molecule has 21 heavy (non-hydrogen) atoms. The molecule has 1 unspecified atom stereocenters. The standard InChI is InChI=1S/C15H26N4O2/c1-6-18(12(2)10-17(4)5)11-13-9-14(19(20)21)7-8-15(13)16-3/h7-9,12,16H,6,10-11H2,1-5H3. The van der Waals surface area contributed by atoms with Crippen molar-refractivity contribution >= 4 is 11.4 Å². The number of anilines is 1. The van der Waals surface area contributed by atoms with E-state index in [1.54, 1.807) is 12.1 Å². The highest BCUT2D eigenvalue weighted by molar-refractivity contribution is 5.55. The van der Waals surface area contributed by atoms with Crippen LogP contribution in [0.5, 0.6) is 0 Å². The molecule has 0 aliphatic heterocycles. The summed E-state index contributed by atoms with van der Waals surface area (Å²) in [6, 6.07) is 5.36. The second-order valence-electron chi connectivity index (χ2n) is 5.52. The molecule has 0 amide bonds. The van der Waals surface area contributed by atoms with Gasteiger partial charge in [-0.2, -0.15) is 0 Å². The second kappa shape index (κ2) is 7.95. The molecule has 1 aromatic rings. The Labute approximate surface area is 126 Å². The van der Waals surface area contributed by atoms with Crippen molar-refractivity contribution in [3.05, 3.63) is 33.9 Å². The van der Waals surface area contributed by atoms with E-state index in [0.717, 1.165) is 24.3 Å². The van der Waals surface area contributed by atoms with Crippen molar-refractivity contribution in [1.29, 1.82) is 0 Å². The van der Waals surface area contributed by atoms with E-state index in [0.29, 0.717) is 12.6 Å². The van der Waals surface area contributed by atoms with Gasteiger partial charge in [0.25, 0.3) is 5.69 Å². The Morgan fingerprint density at radius 2 is 2.05 bits per heavy atom. The molecule has 0 saturated heterocycles. The van der Waals surface area contributed by atoms with Gasteiger partial charge in [-0.1, -0.05) is 6.92 Å². The van der Waals surface area contributed by atoms with Crippen LogP contribution >= 0.6 is 0 Å². The van der Waals surface area contributed by atoms with Crippen LogP contribution in [0.1, 0.15) is 19.4 Å². The number of nitro groups is 1. The largest absolute Gasteiger partial charge is 0.388 e. The van der Waals surface area contributed by atoms with Crippen molar-refractivity contribution in [3.8, 4) is 0 Å². The number of nitro benzene ring substituents is 1. The molecule has 0 aliphatic rings. The van der Waals surface area contributed by atoms with Crippen molar-refractivity contribution in [2.45, 2.75) is 26.4 Å². The van der Waals surface area contributed by atoms with Gasteiger partial charge >= 0.3 is 0 Å². The van der Waals surface area contributed by atoms with Crippen LogP contribution in [0.15, 0.2) is 18.2 Å². The molecule has 1 N–H and O–H groups in total. The van der Waals surface area contributed by atoms with Gasteiger partial charge in [-0.05, 0) is 39.2 Å². The van der Waals surface area contributed by atoms with E-state index < -0.39 is 0 Å². The molecule has 0 heterocycles. The molecule has 0 aliphatic carbocycles. The molecule has 118 valence electrons. The Hall–Kier alpha value is -1.66. The number of nitrogens with zero attached hydrogens (tertiary/aromatic N) is 3. The van der Waals surface area contributed by atoms with Crippen LogP contribution in [-0.4, -0.2) is 55.0 Å². The van der Waals surface area contributed by atoms with Crippen LogP contribution in [0.2, 0.25) is 0 Å². The quantitative estimate of drug-likeness (QED) is 0.589. The smallest absolute Gasteiger partial charge is 0.269 e. The summed E-state index contributed by atoms with van der Waals surface area (Å²) in [4.78, 5) is 15.1. The van der Waals surface area contributed by atoms with Crippen molar-refractivity contribution in [3.63, 3.8) is 0 Å². The number of hydrogen-bond donors (Lipinski definition) is 1. The molecule has 1 atom stereocenters. The first kappa shape index (κ1) is 17.4. The van der Waals surface area contributed by atoms with Crippen molar-refractivity contribution in [2.75, 3.05) is 39.5 Å². The molecule has 1 aromatic carbocycles. The van der Waals surface area contributed by atoms with Crippen LogP contribution in [0.4, 0.5) is 11.4 Å². The van der Waals surface area contributed by atoms with Gasteiger partial charge in [-0.15, -0.1) is 0 Å². The molecule has 6 nitrogen and oxygen atoms in total. The lowest BCUT2D eigenvalue weighted by Gasteiger charge is -2.30. The number of benzene rings is 1. The predicted octanol–water partition coefficient (Wildman–Crippen LogP) is 2.41. The number of likely N-dealkylation sites (N-methyl/N-ethyl adjacent to an activating group) is 2. The molecule has 0 radical (unpaired) electrons. The molecule has 0 spiro atoms. The summed E-state index contributed by atoms with van der Waals surface area (Å²) in [5, 5.41) is 14.1. The summed E-state index contributed by atoms with van der Waals surface area (Å²) in [6.45, 7) is 6.85. The maximum absolute atomic E-state index is 11.0. The molecular formula is C15H26N4O2. The normalized spacial score (nSPS) is 12.7. The molecule has 0 aromatic heterocycles. The van der Waals surface area contributed by atoms with Gasteiger partial charge < -0.3 is 10.2 Å². The Bertz CT molecular complexity index is 477. The minimum absolute atomic E-state index is 0.139. The third-order valence-corrected chi connectivity index (χ3v) is 3.60. The van der Waals surface area contributed by atoms with Crippen LogP contribution < -0.4 is 5.32 Å². The van der Waals surface area contributed by atoms with Crippen molar-refractivity contribution in [2.24, 2.45) is 0 Å². The lowest BCUT2D eigenvalue weighted by atomic mass is 10.1. The zero-order valence-corrected chi connectivity index (χ0v) is 13.6. The lowest BCUT2D eigenvalue weighted by molar-refractivity contribution is -0.384. The summed E-state index contributed by atoms with van der Waals surface area (Å²) < 4.78 is 0. The summed E-state index contributed by atoms with van der Waals surface area (Å²) >= 11 is 0. The highest BCUT2D eigenvalue weighted by Gasteiger charge is 2.17. The fraction of sp³-hybridized carbons (Fsp3) is 0.600. The zero-order valence-electron chi connectivity index (χ0n) is 13.6. The summed E-state index contributed by atoms with van der Waals surface area (Å²) in [7, 11) is 5.94. The maximum Gasteiger partial charge on any atom is 0.269 e. The van der Waals surface area contributed by atoms with Crippen LogP contribution in [0.25, 0.3) is 0 Å². The van der Waals surface area contributed by atoms with Gasteiger partial charge in [0.05, 0.1) is 4.92 Å². The predicted molar refractivity (Wildman–Crippen MR) is 86.7 cm³/mol. The topological polar surface area (TPSA) is 61.6 Å². The average molecular weight is 294 g/mol. The molecular weight excluding hydrogens is 268 g/mol. The fourth-order valence-electron chi connectivity index (χ4n) is 2.51. The van der Waals surface area contributed by atoms with E-state index in [4.69, 9.17) is 0 Å². The first-order chi connectivity index (χ1) is 9.88. The summed E-state index contributed by atoms with van der Waals surface area (Å²) in [5.41, 5.74) is 2.04. The Balaban J connectivity index is 2.97. The van der Waals surface area contributed by atoms with E-state index in [-0.39, 0.29) is 10.6 Å². The zero-order chi connectivity index (χ0) is 16.0. The van der Waals surface area contributed by atoms with Gasteiger partial charge in [0, 0.05) is 44.0 Å². The third kappa shape index (κ3) is 4.99. The van der Waals surface area contributed by atoms with E-state index in [1.165, 1.54) is 6.07 Å². The Morgan fingerprint density at radius 1 is 1.38 bits per heavy atom. The van der Waals surface area contributed by atoms with Crippen molar-refractivity contribution < 1.29 is 4.92 Å². The highest BCUT2D eigenvalue weighted by atomic mass is 16.6. The minimum atomic E-state index is -0.345. The van der Waals surface area contributed by atoms with Crippen LogP contribution in [0.3, 0.4) is 0 Å². The van der Waals surface area contributed by atoms with E-state index >= 15 is 0 Å². The summed E-state index contributed by atoms with van der Waals surface area (Å²) in [5.74, 6) is 0. The first-order valence-corrected chi connectivity index (χ1v) is 7.22. The fourth-order valence-corrected chi connectivity index (χ4v) is 2.51. The van der Waals surface area contributed by atoms with Gasteiger partial charge in [-0.3, -0.25) is 15.0 Å². The molecule has 1 rings (SSSR count). The Kier molecular flexibility index (Phi) is 6.58. The summed E-state index contributed by atoms with van der Waals surface area (Å²) in [6.07, 6.45) is 0. The van der Waals surface area contributed by atoms with E-state index in [1.807, 2.05) is 7.05 Å². The second-order valence-corrected chi connectivity index (χ2v) is 5.52. The van der Waals surface area contributed by atoms with Gasteiger partial charge in [0.15, 0.2) is 0 Å². The minimum Gasteiger partial charge on any atom is -0.388 e. The number of rotatable bonds is 8. The van der Waals surface area contributed by atoms with Gasteiger partial charge in [0.2, 0.25) is 0 Å². The van der Waals surface area contributed by atoms with E-state index in [2.05, 4.69) is 43.1 Å². The molecule has 6 heteroatoms. The monoisotopic (exact) mass is 294 g/mol. The Morgan fingerprint density at radius 3 is 2.52 bits per heavy atom. The average Bonchev–Trinajstić information content (AvgIpc) is 2.43. The number of non-ortho nitro benzene ring substituents is 1. The number of nitrogens with one attached hydrogen (secondary N) is 1. The van der Waals surface area contributed by atoms with Crippen molar-refractivity contribution in [1.82, 2.24) is 9.80 Å². The first-order valence-electron chi connectivity index (χ1n) is 7.22. The number of hydrogen-bond acceptors (Lipinski definition) is 5. The highest BCUT2D eigenvalue weighted by Crippen LogP contribution is 2.24. The van der Waals surface area contributed by atoms with Crippen LogP contribution in [-0.2, 0) is 6.54 Å². The molecule has 0 fully saturated rings. The van der Waals surface area contributed by atoms with Crippen LogP contribution in [0, 0.1) is 10.1 Å². The third-order valence-electron chi connectivity index (χ3n) is 3.60. The lowest BCUT2D eigenvalue weighted by Crippen LogP contribution is -2.39. The molecule has 0 bridgehead atoms.